The molecule has 150 valence electrons. The smallest absolute Gasteiger partial charge is 0.122 e. The fraction of sp³-hybridized carbons (Fsp3) is 0.391. The van der Waals surface area contributed by atoms with E-state index in [1.54, 1.807) is 0 Å². The molecule has 1 fully saturated rings. The summed E-state index contributed by atoms with van der Waals surface area (Å²) in [6, 6.07) is 13.9. The Bertz CT molecular complexity index is 788. The maximum atomic E-state index is 10.4. The fourth-order valence-corrected chi connectivity index (χ4v) is 3.77. The van der Waals surface area contributed by atoms with E-state index >= 15 is 0 Å². The van der Waals surface area contributed by atoms with E-state index in [-0.39, 0.29) is 0 Å². The van der Waals surface area contributed by atoms with Crippen molar-refractivity contribution in [2.75, 3.05) is 44.2 Å². The first-order valence-electron chi connectivity index (χ1n) is 9.80. The third-order valence-corrected chi connectivity index (χ3v) is 5.36. The highest BCUT2D eigenvalue weighted by Crippen LogP contribution is 2.25. The van der Waals surface area contributed by atoms with Crippen LogP contribution < -0.4 is 9.64 Å². The Labute approximate surface area is 173 Å². The maximum absolute atomic E-state index is 10.4. The minimum atomic E-state index is -0.517. The van der Waals surface area contributed by atoms with Gasteiger partial charge < -0.3 is 14.7 Å². The van der Waals surface area contributed by atoms with E-state index in [4.69, 9.17) is 16.3 Å². The molecular formula is C23H29ClN2O2. The standard InChI is InChI=1S/C23H29ClN2O2/c1-3-6-19-7-4-5-8-23(19)28-17-21(27)16-25-11-13-26(14-12-25)22-15-20(24)10-9-18(22)2/h3-5,7-10,15,21,27H,1,6,11-14,16-17H2,2H3/t21-/m0/s1. The molecule has 1 saturated heterocycles. The van der Waals surface area contributed by atoms with Gasteiger partial charge in [0.15, 0.2) is 0 Å². The third-order valence-electron chi connectivity index (χ3n) is 5.12. The zero-order valence-corrected chi connectivity index (χ0v) is 17.2. The van der Waals surface area contributed by atoms with Crippen molar-refractivity contribution in [1.82, 2.24) is 4.90 Å². The molecule has 4 nitrogen and oxygen atoms in total. The Balaban J connectivity index is 1.47. The van der Waals surface area contributed by atoms with E-state index in [0.717, 1.165) is 48.9 Å². The number of allylic oxidation sites excluding steroid dienone is 1. The highest BCUT2D eigenvalue weighted by Gasteiger charge is 2.21. The molecule has 0 amide bonds. The molecule has 2 aromatic rings. The summed E-state index contributed by atoms with van der Waals surface area (Å²) in [5.41, 5.74) is 3.54. The molecule has 0 saturated carbocycles. The van der Waals surface area contributed by atoms with Crippen molar-refractivity contribution in [2.45, 2.75) is 19.4 Å². The average Bonchev–Trinajstić information content (AvgIpc) is 2.70. The average molecular weight is 401 g/mol. The van der Waals surface area contributed by atoms with Crippen molar-refractivity contribution in [3.63, 3.8) is 0 Å². The van der Waals surface area contributed by atoms with Gasteiger partial charge in [-0.1, -0.05) is 41.9 Å². The highest BCUT2D eigenvalue weighted by molar-refractivity contribution is 6.30. The molecule has 1 aliphatic rings. The van der Waals surface area contributed by atoms with Crippen LogP contribution in [0.2, 0.25) is 5.02 Å². The van der Waals surface area contributed by atoms with Crippen LogP contribution in [0, 0.1) is 6.92 Å². The first-order chi connectivity index (χ1) is 13.6. The van der Waals surface area contributed by atoms with E-state index in [1.165, 1.54) is 11.3 Å². The topological polar surface area (TPSA) is 35.9 Å². The van der Waals surface area contributed by atoms with E-state index in [1.807, 2.05) is 42.5 Å². The molecule has 0 bridgehead atoms. The molecule has 5 heteroatoms. The van der Waals surface area contributed by atoms with Crippen LogP contribution in [0.4, 0.5) is 5.69 Å². The second-order valence-corrected chi connectivity index (χ2v) is 7.72. The summed E-state index contributed by atoms with van der Waals surface area (Å²) < 4.78 is 5.86. The largest absolute Gasteiger partial charge is 0.491 e. The summed E-state index contributed by atoms with van der Waals surface area (Å²) in [7, 11) is 0. The number of piperazine rings is 1. The first-order valence-corrected chi connectivity index (χ1v) is 10.2. The number of ether oxygens (including phenoxy) is 1. The van der Waals surface area contributed by atoms with Gasteiger partial charge in [0.05, 0.1) is 0 Å². The lowest BCUT2D eigenvalue weighted by atomic mass is 10.1. The summed E-state index contributed by atoms with van der Waals surface area (Å²) >= 11 is 6.16. The van der Waals surface area contributed by atoms with Gasteiger partial charge in [0.1, 0.15) is 18.5 Å². The van der Waals surface area contributed by atoms with E-state index in [2.05, 4.69) is 29.4 Å². The summed E-state index contributed by atoms with van der Waals surface area (Å²) in [5.74, 6) is 0.822. The van der Waals surface area contributed by atoms with Gasteiger partial charge in [-0.2, -0.15) is 0 Å². The number of rotatable bonds is 8. The van der Waals surface area contributed by atoms with Crippen molar-refractivity contribution in [3.05, 3.63) is 71.3 Å². The second-order valence-electron chi connectivity index (χ2n) is 7.28. The molecule has 1 aliphatic heterocycles. The molecule has 0 aliphatic carbocycles. The number of hydrogen-bond acceptors (Lipinski definition) is 4. The van der Waals surface area contributed by atoms with Crippen LogP contribution >= 0.6 is 11.6 Å². The Morgan fingerprint density at radius 1 is 1.18 bits per heavy atom. The monoisotopic (exact) mass is 400 g/mol. The quantitative estimate of drug-likeness (QED) is 0.681. The van der Waals surface area contributed by atoms with Crippen LogP contribution in [0.3, 0.4) is 0 Å². The van der Waals surface area contributed by atoms with Gasteiger partial charge >= 0.3 is 0 Å². The predicted molar refractivity (Wildman–Crippen MR) is 117 cm³/mol. The molecule has 0 spiro atoms. The number of halogens is 1. The number of aliphatic hydroxyl groups excluding tert-OH is 1. The number of β-amino-alcohol motifs (C(OH)–C–C–N with tert-alkyl or cyclic N) is 1. The molecule has 0 unspecified atom stereocenters. The lowest BCUT2D eigenvalue weighted by Gasteiger charge is -2.37. The lowest BCUT2D eigenvalue weighted by Crippen LogP contribution is -2.49. The van der Waals surface area contributed by atoms with Crippen LogP contribution in [0.5, 0.6) is 5.75 Å². The molecule has 1 N–H and O–H groups in total. The Kier molecular flexibility index (Phi) is 7.37. The Morgan fingerprint density at radius 2 is 1.93 bits per heavy atom. The molecule has 0 radical (unpaired) electrons. The van der Waals surface area contributed by atoms with E-state index < -0.39 is 6.10 Å². The molecule has 28 heavy (non-hydrogen) atoms. The summed E-state index contributed by atoms with van der Waals surface area (Å²) in [4.78, 5) is 4.66. The van der Waals surface area contributed by atoms with Gasteiger partial charge in [-0.05, 0) is 42.7 Å². The predicted octanol–water partition coefficient (Wildman–Crippen LogP) is 3.94. The van der Waals surface area contributed by atoms with Gasteiger partial charge in [0.25, 0.3) is 0 Å². The second kappa shape index (κ2) is 9.97. The minimum absolute atomic E-state index is 0.293. The molecule has 0 aromatic heterocycles. The van der Waals surface area contributed by atoms with Crippen LogP contribution in [0.1, 0.15) is 11.1 Å². The zero-order valence-electron chi connectivity index (χ0n) is 16.5. The van der Waals surface area contributed by atoms with Crippen LogP contribution in [-0.2, 0) is 6.42 Å². The highest BCUT2D eigenvalue weighted by atomic mass is 35.5. The Hall–Kier alpha value is -2.01. The summed E-state index contributed by atoms with van der Waals surface area (Å²) in [6.07, 6.45) is 2.10. The van der Waals surface area contributed by atoms with E-state index in [0.29, 0.717) is 13.2 Å². The van der Waals surface area contributed by atoms with Crippen LogP contribution in [0.25, 0.3) is 0 Å². The Morgan fingerprint density at radius 3 is 2.68 bits per heavy atom. The van der Waals surface area contributed by atoms with Crippen molar-refractivity contribution < 1.29 is 9.84 Å². The molecule has 2 aromatic carbocycles. The number of para-hydroxylation sites is 1. The van der Waals surface area contributed by atoms with E-state index in [9.17, 15) is 5.11 Å². The number of hydrogen-bond donors (Lipinski definition) is 1. The van der Waals surface area contributed by atoms with Crippen molar-refractivity contribution in [2.24, 2.45) is 0 Å². The van der Waals surface area contributed by atoms with Crippen LogP contribution in [0.15, 0.2) is 55.1 Å². The van der Waals surface area contributed by atoms with Gasteiger partial charge in [-0.15, -0.1) is 6.58 Å². The van der Waals surface area contributed by atoms with Gasteiger partial charge in [0.2, 0.25) is 0 Å². The van der Waals surface area contributed by atoms with Crippen LogP contribution in [-0.4, -0.2) is 55.4 Å². The zero-order chi connectivity index (χ0) is 19.9. The third kappa shape index (κ3) is 5.51. The number of aliphatic hydroxyl groups is 1. The first kappa shape index (κ1) is 20.7. The minimum Gasteiger partial charge on any atom is -0.491 e. The summed E-state index contributed by atoms with van der Waals surface area (Å²) in [5, 5.41) is 11.2. The number of anilines is 1. The van der Waals surface area contributed by atoms with Gasteiger partial charge in [-0.25, -0.2) is 0 Å². The molecule has 1 atom stereocenters. The fourth-order valence-electron chi connectivity index (χ4n) is 3.60. The number of aryl methyl sites for hydroxylation is 1. The molecule has 3 rings (SSSR count). The number of benzene rings is 2. The molecular weight excluding hydrogens is 372 g/mol. The number of nitrogens with zero attached hydrogens (tertiary/aromatic N) is 2. The van der Waals surface area contributed by atoms with Crippen molar-refractivity contribution in [1.29, 1.82) is 0 Å². The van der Waals surface area contributed by atoms with Gasteiger partial charge in [-0.3, -0.25) is 4.90 Å². The maximum Gasteiger partial charge on any atom is 0.122 e. The lowest BCUT2D eigenvalue weighted by molar-refractivity contribution is 0.0660. The normalized spacial score (nSPS) is 16.0. The van der Waals surface area contributed by atoms with Crippen molar-refractivity contribution in [3.8, 4) is 5.75 Å². The van der Waals surface area contributed by atoms with Crippen molar-refractivity contribution >= 4 is 17.3 Å². The van der Waals surface area contributed by atoms with Gasteiger partial charge in [0, 0.05) is 43.4 Å². The SMILES string of the molecule is C=CCc1ccccc1OC[C@@H](O)CN1CCN(c2cc(Cl)ccc2C)CC1. The summed E-state index contributed by atoms with van der Waals surface area (Å²) in [6.45, 7) is 10.5. The molecule has 1 heterocycles.